The van der Waals surface area contributed by atoms with Gasteiger partial charge in [-0.3, -0.25) is 0 Å². The summed E-state index contributed by atoms with van der Waals surface area (Å²) < 4.78 is 11.1. The van der Waals surface area contributed by atoms with Gasteiger partial charge in [0.2, 0.25) is 5.82 Å². The highest BCUT2D eigenvalue weighted by atomic mass is 32.1. The Bertz CT molecular complexity index is 589. The molecule has 2 aromatic rings. The van der Waals surface area contributed by atoms with Crippen LogP contribution in [-0.2, 0) is 16.8 Å². The summed E-state index contributed by atoms with van der Waals surface area (Å²) in [5.74, 6) is 1.11. The molecule has 1 saturated carbocycles. The van der Waals surface area contributed by atoms with Crippen LogP contribution >= 0.6 is 11.3 Å². The fourth-order valence-electron chi connectivity index (χ4n) is 2.80. The van der Waals surface area contributed by atoms with Gasteiger partial charge in [-0.15, -0.1) is 11.3 Å². The van der Waals surface area contributed by atoms with E-state index in [1.165, 1.54) is 6.42 Å². The fourth-order valence-corrected chi connectivity index (χ4v) is 3.59. The van der Waals surface area contributed by atoms with E-state index in [-0.39, 0.29) is 0 Å². The molecule has 1 aliphatic rings. The molecule has 6 nitrogen and oxygen atoms in total. The first kappa shape index (κ1) is 14.6. The van der Waals surface area contributed by atoms with Crippen LogP contribution in [0.5, 0.6) is 0 Å². The number of hydrogen-bond acceptors (Lipinski definition) is 7. The van der Waals surface area contributed by atoms with E-state index in [2.05, 4.69) is 15.1 Å². The zero-order valence-electron chi connectivity index (χ0n) is 12.2. The first-order valence-corrected chi connectivity index (χ1v) is 8.19. The van der Waals surface area contributed by atoms with Crippen molar-refractivity contribution in [2.24, 2.45) is 5.73 Å². The maximum atomic E-state index is 5.74. The van der Waals surface area contributed by atoms with Crippen molar-refractivity contribution in [1.82, 2.24) is 15.1 Å². The third kappa shape index (κ3) is 2.86. The second-order valence-electron chi connectivity index (χ2n) is 5.35. The van der Waals surface area contributed by atoms with Gasteiger partial charge in [0, 0.05) is 18.9 Å². The predicted molar refractivity (Wildman–Crippen MR) is 79.9 cm³/mol. The zero-order valence-corrected chi connectivity index (χ0v) is 13.0. The molecule has 2 N–H and O–H groups in total. The van der Waals surface area contributed by atoms with Crippen LogP contribution in [0, 0.1) is 0 Å². The summed E-state index contributed by atoms with van der Waals surface area (Å²) in [4.78, 5) is 9.01. The molecule has 0 aromatic carbocycles. The Hall–Kier alpha value is -1.31. The highest BCUT2D eigenvalue weighted by Gasteiger charge is 2.38. The minimum atomic E-state index is -0.393. The number of nitrogens with two attached hydrogens (primary N) is 1. The standard InChI is InChI=1S/C14H20N4O2S/c1-19-14(6-3-2-4-7-14)13-17-12(20-18-13)10-9-21-11(16-10)5-8-15/h9H,2-8,15H2,1H3. The van der Waals surface area contributed by atoms with Crippen molar-refractivity contribution in [3.63, 3.8) is 0 Å². The maximum absolute atomic E-state index is 5.74. The quantitative estimate of drug-likeness (QED) is 0.913. The summed E-state index contributed by atoms with van der Waals surface area (Å²) in [6, 6.07) is 0. The van der Waals surface area contributed by atoms with E-state index in [1.807, 2.05) is 5.38 Å². The van der Waals surface area contributed by atoms with Crippen LogP contribution in [0.1, 0.15) is 42.9 Å². The smallest absolute Gasteiger partial charge is 0.277 e. The summed E-state index contributed by atoms with van der Waals surface area (Å²) in [5, 5.41) is 7.07. The van der Waals surface area contributed by atoms with Crippen molar-refractivity contribution < 1.29 is 9.26 Å². The second kappa shape index (κ2) is 6.21. The van der Waals surface area contributed by atoms with Gasteiger partial charge in [0.15, 0.2) is 0 Å². The Labute approximate surface area is 127 Å². The summed E-state index contributed by atoms with van der Waals surface area (Å²) in [7, 11) is 1.73. The number of nitrogens with zero attached hydrogens (tertiary/aromatic N) is 3. The van der Waals surface area contributed by atoms with Crippen LogP contribution in [0.15, 0.2) is 9.90 Å². The molecule has 114 valence electrons. The number of aromatic nitrogens is 3. The molecule has 0 aliphatic heterocycles. The van der Waals surface area contributed by atoms with Crippen molar-refractivity contribution in [1.29, 1.82) is 0 Å². The Morgan fingerprint density at radius 1 is 1.33 bits per heavy atom. The molecule has 1 fully saturated rings. The van der Waals surface area contributed by atoms with Crippen molar-refractivity contribution in [3.05, 3.63) is 16.2 Å². The minimum Gasteiger partial charge on any atom is -0.370 e. The van der Waals surface area contributed by atoms with Gasteiger partial charge in [0.05, 0.1) is 5.01 Å². The second-order valence-corrected chi connectivity index (χ2v) is 6.29. The van der Waals surface area contributed by atoms with Gasteiger partial charge < -0.3 is 15.0 Å². The van der Waals surface area contributed by atoms with Crippen LogP contribution in [0.2, 0.25) is 0 Å². The van der Waals surface area contributed by atoms with Gasteiger partial charge in [0.25, 0.3) is 5.89 Å². The lowest BCUT2D eigenvalue weighted by atomic mass is 9.84. The van der Waals surface area contributed by atoms with Gasteiger partial charge in [-0.1, -0.05) is 24.4 Å². The predicted octanol–water partition coefficient (Wildman–Crippen LogP) is 2.50. The third-order valence-electron chi connectivity index (χ3n) is 4.01. The number of thiazole rings is 1. The molecule has 0 spiro atoms. The zero-order chi connectivity index (χ0) is 14.7. The maximum Gasteiger partial charge on any atom is 0.277 e. The lowest BCUT2D eigenvalue weighted by Crippen LogP contribution is -2.32. The van der Waals surface area contributed by atoms with E-state index < -0.39 is 5.60 Å². The number of ether oxygens (including phenoxy) is 1. The fraction of sp³-hybridized carbons (Fsp3) is 0.643. The van der Waals surface area contributed by atoms with Crippen LogP contribution < -0.4 is 5.73 Å². The molecule has 1 aliphatic carbocycles. The number of methoxy groups -OCH3 is 1. The van der Waals surface area contributed by atoms with Gasteiger partial charge in [-0.2, -0.15) is 4.98 Å². The molecule has 0 atom stereocenters. The third-order valence-corrected chi connectivity index (χ3v) is 4.92. The molecular formula is C14H20N4O2S. The van der Waals surface area contributed by atoms with Gasteiger partial charge in [-0.05, 0) is 19.4 Å². The summed E-state index contributed by atoms with van der Waals surface area (Å²) in [5.41, 5.74) is 5.88. The monoisotopic (exact) mass is 308 g/mol. The molecule has 0 amide bonds. The highest BCUT2D eigenvalue weighted by molar-refractivity contribution is 7.09. The minimum absolute atomic E-state index is 0.393. The molecule has 0 unspecified atom stereocenters. The van der Waals surface area contributed by atoms with Gasteiger partial charge in [0.1, 0.15) is 11.3 Å². The lowest BCUT2D eigenvalue weighted by Gasteiger charge is -2.32. The lowest BCUT2D eigenvalue weighted by molar-refractivity contribution is -0.0527. The highest BCUT2D eigenvalue weighted by Crippen LogP contribution is 2.39. The van der Waals surface area contributed by atoms with Gasteiger partial charge in [-0.25, -0.2) is 4.98 Å². The topological polar surface area (TPSA) is 87.1 Å². The van der Waals surface area contributed by atoms with E-state index in [9.17, 15) is 0 Å². The van der Waals surface area contributed by atoms with Crippen LogP contribution in [0.3, 0.4) is 0 Å². The van der Waals surface area contributed by atoms with Crippen LogP contribution in [-0.4, -0.2) is 28.8 Å². The molecule has 3 rings (SSSR count). The molecule has 7 heteroatoms. The molecule has 0 saturated heterocycles. The SMILES string of the molecule is COC1(c2noc(-c3csc(CCN)n3)n2)CCCCC1. The summed E-state index contributed by atoms with van der Waals surface area (Å²) in [6.07, 6.45) is 6.16. The largest absolute Gasteiger partial charge is 0.370 e. The normalized spacial score (nSPS) is 18.0. The first-order valence-electron chi connectivity index (χ1n) is 7.31. The molecule has 2 aromatic heterocycles. The average Bonchev–Trinajstić information content (AvgIpc) is 3.17. The number of rotatable bonds is 5. The van der Waals surface area contributed by atoms with Crippen molar-refractivity contribution in [3.8, 4) is 11.6 Å². The van der Waals surface area contributed by atoms with Crippen molar-refractivity contribution in [2.75, 3.05) is 13.7 Å². The van der Waals surface area contributed by atoms with E-state index >= 15 is 0 Å². The molecule has 21 heavy (non-hydrogen) atoms. The Balaban J connectivity index is 1.84. The van der Waals surface area contributed by atoms with Crippen molar-refractivity contribution >= 4 is 11.3 Å². The van der Waals surface area contributed by atoms with E-state index in [4.69, 9.17) is 15.0 Å². The molecule has 0 bridgehead atoms. The Kier molecular flexibility index (Phi) is 4.32. The number of hydrogen-bond donors (Lipinski definition) is 1. The molecular weight excluding hydrogens is 288 g/mol. The Morgan fingerprint density at radius 2 is 2.14 bits per heavy atom. The van der Waals surface area contributed by atoms with E-state index in [0.29, 0.717) is 18.3 Å². The Morgan fingerprint density at radius 3 is 2.86 bits per heavy atom. The van der Waals surface area contributed by atoms with E-state index in [0.717, 1.165) is 42.8 Å². The van der Waals surface area contributed by atoms with Crippen LogP contribution in [0.4, 0.5) is 0 Å². The van der Waals surface area contributed by atoms with Crippen LogP contribution in [0.25, 0.3) is 11.6 Å². The van der Waals surface area contributed by atoms with Crippen molar-refractivity contribution in [2.45, 2.75) is 44.1 Å². The van der Waals surface area contributed by atoms with Gasteiger partial charge >= 0.3 is 0 Å². The van der Waals surface area contributed by atoms with E-state index in [1.54, 1.807) is 18.4 Å². The first-order chi connectivity index (χ1) is 10.3. The molecule has 0 radical (unpaired) electrons. The summed E-state index contributed by atoms with van der Waals surface area (Å²) in [6.45, 7) is 0.592. The summed E-state index contributed by atoms with van der Waals surface area (Å²) >= 11 is 1.57. The average molecular weight is 308 g/mol. The molecule has 2 heterocycles.